The number of ether oxygens (including phenoxy) is 1. The molecule has 33 heavy (non-hydrogen) atoms. The lowest BCUT2D eigenvalue weighted by Gasteiger charge is -2.16. The summed E-state index contributed by atoms with van der Waals surface area (Å²) < 4.78 is 5.77. The van der Waals surface area contributed by atoms with Crippen molar-refractivity contribution in [2.24, 2.45) is 0 Å². The number of nitrogens with one attached hydrogen (secondary N) is 1. The summed E-state index contributed by atoms with van der Waals surface area (Å²) in [4.78, 5) is 23.8. The normalized spacial score (nSPS) is 11.6. The van der Waals surface area contributed by atoms with E-state index in [1.165, 1.54) is 0 Å². The number of carbonyl (C=O) groups is 2. The lowest BCUT2D eigenvalue weighted by Crippen LogP contribution is -2.28. The summed E-state index contributed by atoms with van der Waals surface area (Å²) >= 11 is 6.11. The highest BCUT2D eigenvalue weighted by atomic mass is 35.5. The van der Waals surface area contributed by atoms with Crippen molar-refractivity contribution in [3.05, 3.63) is 88.4 Å². The molecule has 0 aliphatic heterocycles. The van der Waals surface area contributed by atoms with Crippen LogP contribution in [0.3, 0.4) is 0 Å². The van der Waals surface area contributed by atoms with Crippen molar-refractivity contribution in [3.63, 3.8) is 0 Å². The fourth-order valence-electron chi connectivity index (χ4n) is 3.40. The lowest BCUT2D eigenvalue weighted by molar-refractivity contribution is 0.0696. The highest BCUT2D eigenvalue weighted by Crippen LogP contribution is 2.25. The largest absolute Gasteiger partial charge is 0.493 e. The first-order valence-corrected chi connectivity index (χ1v) is 11.4. The number of benzene rings is 3. The molecule has 1 atom stereocenters. The van der Waals surface area contributed by atoms with E-state index in [4.69, 9.17) is 21.4 Å². The van der Waals surface area contributed by atoms with Gasteiger partial charge in [0.05, 0.1) is 17.7 Å². The van der Waals surface area contributed by atoms with Gasteiger partial charge in [-0.15, -0.1) is 0 Å². The predicted octanol–water partition coefficient (Wildman–Crippen LogP) is 6.42. The zero-order valence-corrected chi connectivity index (χ0v) is 19.6. The first kappa shape index (κ1) is 24.3. The molecule has 3 aromatic rings. The molecule has 0 aliphatic rings. The minimum absolute atomic E-state index is 0.0982. The number of hydrogen-bond donors (Lipinski definition) is 2. The topological polar surface area (TPSA) is 75.6 Å². The standard InChI is InChI=1S/C27H28ClNO4/c1-3-4-15-33-25-14-13-23(28)16-24(25)26(30)29-17-18(2)19-5-7-20(8-6-19)21-9-11-22(12-10-21)27(31)32/h5-14,16,18H,3-4,15,17H2,1-2H3,(H,29,30)(H,31,32). The summed E-state index contributed by atoms with van der Waals surface area (Å²) in [5.74, 6) is -0.520. The molecule has 0 aliphatic carbocycles. The van der Waals surface area contributed by atoms with E-state index in [9.17, 15) is 9.59 Å². The third-order valence-corrected chi connectivity index (χ3v) is 5.69. The summed E-state index contributed by atoms with van der Waals surface area (Å²) in [5.41, 5.74) is 3.74. The molecule has 0 heterocycles. The van der Waals surface area contributed by atoms with Crippen molar-refractivity contribution in [3.8, 4) is 16.9 Å². The Morgan fingerprint density at radius 1 is 1.00 bits per heavy atom. The van der Waals surface area contributed by atoms with Gasteiger partial charge in [-0.2, -0.15) is 0 Å². The van der Waals surface area contributed by atoms with Gasteiger partial charge >= 0.3 is 5.97 Å². The van der Waals surface area contributed by atoms with Gasteiger partial charge in [0.2, 0.25) is 0 Å². The Labute approximate surface area is 199 Å². The molecular weight excluding hydrogens is 438 g/mol. The van der Waals surface area contributed by atoms with Crippen LogP contribution in [0, 0.1) is 0 Å². The summed E-state index contributed by atoms with van der Waals surface area (Å²) in [5, 5.41) is 12.5. The van der Waals surface area contributed by atoms with E-state index in [-0.39, 0.29) is 17.4 Å². The van der Waals surface area contributed by atoms with Gasteiger partial charge in [-0.3, -0.25) is 4.79 Å². The molecule has 0 radical (unpaired) electrons. The molecule has 3 aromatic carbocycles. The van der Waals surface area contributed by atoms with Crippen molar-refractivity contribution in [2.75, 3.05) is 13.2 Å². The number of hydrogen-bond acceptors (Lipinski definition) is 3. The molecule has 0 bridgehead atoms. The summed E-state index contributed by atoms with van der Waals surface area (Å²) in [6, 6.07) is 19.9. The van der Waals surface area contributed by atoms with E-state index >= 15 is 0 Å². The maximum atomic E-state index is 12.8. The van der Waals surface area contributed by atoms with Crippen LogP contribution in [0.5, 0.6) is 5.75 Å². The minimum atomic E-state index is -0.940. The van der Waals surface area contributed by atoms with Gasteiger partial charge in [0.25, 0.3) is 5.91 Å². The van der Waals surface area contributed by atoms with Gasteiger partial charge in [-0.1, -0.05) is 68.3 Å². The number of aromatic carboxylic acids is 1. The van der Waals surface area contributed by atoms with Crippen molar-refractivity contribution < 1.29 is 19.4 Å². The Bertz CT molecular complexity index is 1090. The second kappa shape index (κ2) is 11.5. The number of carboxylic acids is 1. The number of unbranched alkanes of at least 4 members (excludes halogenated alkanes) is 1. The van der Waals surface area contributed by atoms with Crippen LogP contribution in [-0.2, 0) is 0 Å². The second-order valence-electron chi connectivity index (χ2n) is 7.96. The van der Waals surface area contributed by atoms with Crippen LogP contribution in [0.2, 0.25) is 5.02 Å². The smallest absolute Gasteiger partial charge is 0.335 e. The van der Waals surface area contributed by atoms with Crippen molar-refractivity contribution in [1.29, 1.82) is 0 Å². The fourth-order valence-corrected chi connectivity index (χ4v) is 3.57. The second-order valence-corrected chi connectivity index (χ2v) is 8.39. The average Bonchev–Trinajstić information content (AvgIpc) is 2.83. The van der Waals surface area contributed by atoms with Gasteiger partial charge in [0.15, 0.2) is 0 Å². The van der Waals surface area contributed by atoms with Gasteiger partial charge in [-0.25, -0.2) is 4.79 Å². The van der Waals surface area contributed by atoms with E-state index in [1.807, 2.05) is 31.2 Å². The first-order valence-electron chi connectivity index (χ1n) is 11.0. The van der Waals surface area contributed by atoms with Crippen molar-refractivity contribution in [1.82, 2.24) is 5.32 Å². The quantitative estimate of drug-likeness (QED) is 0.339. The monoisotopic (exact) mass is 465 g/mol. The molecule has 0 fully saturated rings. The molecule has 5 nitrogen and oxygen atoms in total. The minimum Gasteiger partial charge on any atom is -0.493 e. The van der Waals surface area contributed by atoms with Crippen LogP contribution < -0.4 is 10.1 Å². The van der Waals surface area contributed by atoms with E-state index in [0.29, 0.717) is 29.5 Å². The Morgan fingerprint density at radius 2 is 1.64 bits per heavy atom. The number of amides is 1. The SMILES string of the molecule is CCCCOc1ccc(Cl)cc1C(=O)NCC(C)c1ccc(-c2ccc(C(=O)O)cc2)cc1. The Morgan fingerprint density at radius 3 is 2.24 bits per heavy atom. The molecule has 172 valence electrons. The molecule has 3 rings (SSSR count). The van der Waals surface area contributed by atoms with Crippen LogP contribution in [-0.4, -0.2) is 30.1 Å². The molecule has 1 amide bonds. The Balaban J connectivity index is 1.62. The molecule has 0 saturated heterocycles. The van der Waals surface area contributed by atoms with Crippen LogP contribution in [0.25, 0.3) is 11.1 Å². The zero-order chi connectivity index (χ0) is 23.8. The highest BCUT2D eigenvalue weighted by Gasteiger charge is 2.15. The number of rotatable bonds is 10. The van der Waals surface area contributed by atoms with Gasteiger partial charge in [-0.05, 0) is 59.4 Å². The predicted molar refractivity (Wildman–Crippen MR) is 131 cm³/mol. The molecule has 6 heteroatoms. The van der Waals surface area contributed by atoms with E-state index < -0.39 is 5.97 Å². The molecule has 0 aromatic heterocycles. The lowest BCUT2D eigenvalue weighted by atomic mass is 9.97. The molecule has 0 saturated carbocycles. The van der Waals surface area contributed by atoms with Gasteiger partial charge in [0.1, 0.15) is 5.75 Å². The van der Waals surface area contributed by atoms with Crippen LogP contribution in [0.15, 0.2) is 66.7 Å². The third kappa shape index (κ3) is 6.59. The summed E-state index contributed by atoms with van der Waals surface area (Å²) in [6.45, 7) is 5.15. The summed E-state index contributed by atoms with van der Waals surface area (Å²) in [7, 11) is 0. The molecule has 2 N–H and O–H groups in total. The number of carboxylic acid groups (broad SMARTS) is 1. The number of halogens is 1. The van der Waals surface area contributed by atoms with Crippen LogP contribution in [0.1, 0.15) is 58.9 Å². The van der Waals surface area contributed by atoms with E-state index in [1.54, 1.807) is 42.5 Å². The van der Waals surface area contributed by atoms with Crippen LogP contribution in [0.4, 0.5) is 0 Å². The summed E-state index contributed by atoms with van der Waals surface area (Å²) in [6.07, 6.45) is 1.93. The Hall–Kier alpha value is -3.31. The maximum Gasteiger partial charge on any atom is 0.335 e. The first-order chi connectivity index (χ1) is 15.9. The Kier molecular flexibility index (Phi) is 8.50. The molecule has 1 unspecified atom stereocenters. The molecule has 0 spiro atoms. The maximum absolute atomic E-state index is 12.8. The van der Waals surface area contributed by atoms with Gasteiger partial charge < -0.3 is 15.2 Å². The average molecular weight is 466 g/mol. The van der Waals surface area contributed by atoms with Crippen molar-refractivity contribution >= 4 is 23.5 Å². The van der Waals surface area contributed by atoms with E-state index in [0.717, 1.165) is 29.5 Å². The highest BCUT2D eigenvalue weighted by molar-refractivity contribution is 6.31. The fraction of sp³-hybridized carbons (Fsp3) is 0.259. The van der Waals surface area contributed by atoms with Crippen molar-refractivity contribution in [2.45, 2.75) is 32.6 Å². The van der Waals surface area contributed by atoms with Gasteiger partial charge in [0, 0.05) is 11.6 Å². The van der Waals surface area contributed by atoms with Crippen LogP contribution >= 0.6 is 11.6 Å². The zero-order valence-electron chi connectivity index (χ0n) is 18.8. The molecular formula is C27H28ClNO4. The third-order valence-electron chi connectivity index (χ3n) is 5.46. The number of carbonyl (C=O) groups excluding carboxylic acids is 1. The van der Waals surface area contributed by atoms with E-state index in [2.05, 4.69) is 12.2 Å².